The summed E-state index contributed by atoms with van der Waals surface area (Å²) in [6.07, 6.45) is 0.690. The Hall–Kier alpha value is -1.10. The number of aliphatic hydroxyl groups is 1. The van der Waals surface area contributed by atoms with E-state index in [1.54, 1.807) is 0 Å². The molecule has 2 rings (SSSR count). The lowest BCUT2D eigenvalue weighted by atomic mass is 10.0. The fourth-order valence-electron chi connectivity index (χ4n) is 2.80. The van der Waals surface area contributed by atoms with E-state index in [-0.39, 0.29) is 6.04 Å². The van der Waals surface area contributed by atoms with Crippen LogP contribution in [0.2, 0.25) is 0 Å². The molecule has 2 atom stereocenters. The minimum absolute atomic E-state index is 0.139. The molecular weight excluding hydrogens is 252 g/mol. The van der Waals surface area contributed by atoms with Crippen LogP contribution in [0.5, 0.6) is 5.75 Å². The van der Waals surface area contributed by atoms with E-state index in [0.29, 0.717) is 6.61 Å². The molecule has 1 aromatic rings. The third-order valence-corrected chi connectivity index (χ3v) is 4.01. The van der Waals surface area contributed by atoms with Gasteiger partial charge in [-0.05, 0) is 58.2 Å². The number of hydrogen-bond donors (Lipinski definition) is 1. The summed E-state index contributed by atoms with van der Waals surface area (Å²) < 4.78 is 5.44. The predicted molar refractivity (Wildman–Crippen MR) is 81.1 cm³/mol. The van der Waals surface area contributed by atoms with Crippen LogP contribution >= 0.6 is 0 Å². The molecule has 1 N–H and O–H groups in total. The third kappa shape index (κ3) is 3.72. The highest BCUT2D eigenvalue weighted by atomic mass is 16.5. The summed E-state index contributed by atoms with van der Waals surface area (Å²) in [6, 6.07) is 7.94. The van der Waals surface area contributed by atoms with E-state index in [9.17, 15) is 5.11 Å². The van der Waals surface area contributed by atoms with E-state index in [4.69, 9.17) is 4.74 Å². The summed E-state index contributed by atoms with van der Waals surface area (Å²) in [5.41, 5.74) is 0.959. The normalized spacial score (nSPS) is 23.3. The van der Waals surface area contributed by atoms with Crippen molar-refractivity contribution in [3.63, 3.8) is 0 Å². The van der Waals surface area contributed by atoms with Gasteiger partial charge in [-0.15, -0.1) is 0 Å². The number of aliphatic hydroxyl groups excluding tert-OH is 1. The van der Waals surface area contributed by atoms with Crippen molar-refractivity contribution in [3.8, 4) is 5.75 Å². The van der Waals surface area contributed by atoms with Crippen molar-refractivity contribution < 1.29 is 9.84 Å². The molecule has 20 heavy (non-hydrogen) atoms. The average Bonchev–Trinajstić information content (AvgIpc) is 2.61. The molecular formula is C16H26N2O2. The van der Waals surface area contributed by atoms with Crippen LogP contribution in [0.15, 0.2) is 24.3 Å². The maximum absolute atomic E-state index is 10.7. The Morgan fingerprint density at radius 2 is 1.95 bits per heavy atom. The van der Waals surface area contributed by atoms with E-state index in [2.05, 4.69) is 23.9 Å². The fraction of sp³-hybridized carbons (Fsp3) is 0.625. The van der Waals surface area contributed by atoms with Crippen molar-refractivity contribution in [2.75, 3.05) is 40.3 Å². The van der Waals surface area contributed by atoms with Gasteiger partial charge in [-0.1, -0.05) is 12.1 Å². The van der Waals surface area contributed by atoms with Crippen LogP contribution in [0.25, 0.3) is 0 Å². The first kappa shape index (κ1) is 15.3. The number of benzene rings is 1. The zero-order valence-corrected chi connectivity index (χ0v) is 12.7. The van der Waals surface area contributed by atoms with Gasteiger partial charge in [0.2, 0.25) is 0 Å². The molecule has 0 radical (unpaired) electrons. The highest BCUT2D eigenvalue weighted by Gasteiger charge is 2.28. The lowest BCUT2D eigenvalue weighted by Crippen LogP contribution is -2.42. The molecule has 1 aliphatic heterocycles. The van der Waals surface area contributed by atoms with Crippen molar-refractivity contribution in [2.45, 2.75) is 25.5 Å². The molecule has 2 unspecified atom stereocenters. The molecule has 0 spiro atoms. The molecule has 0 aliphatic carbocycles. The van der Waals surface area contributed by atoms with Crippen LogP contribution in [-0.4, -0.2) is 61.3 Å². The standard InChI is InChI=1S/C16H26N2O2/c1-4-20-14-8-6-13(7-9-14)16(19)15-12-17(2)10-5-11-18(15)3/h6-9,15-16,19H,4-5,10-12H2,1-3H3. The van der Waals surface area contributed by atoms with Gasteiger partial charge in [0, 0.05) is 6.54 Å². The monoisotopic (exact) mass is 278 g/mol. The molecule has 112 valence electrons. The second kappa shape index (κ2) is 7.07. The first-order chi connectivity index (χ1) is 9.61. The first-order valence-electron chi connectivity index (χ1n) is 7.41. The predicted octanol–water partition coefficient (Wildman–Crippen LogP) is 1.75. The van der Waals surface area contributed by atoms with Crippen LogP contribution < -0.4 is 4.74 Å². The Morgan fingerprint density at radius 1 is 1.25 bits per heavy atom. The largest absolute Gasteiger partial charge is 0.494 e. The molecule has 1 saturated heterocycles. The summed E-state index contributed by atoms with van der Waals surface area (Å²) in [5, 5.41) is 10.7. The van der Waals surface area contributed by atoms with Crippen LogP contribution in [-0.2, 0) is 0 Å². The zero-order valence-electron chi connectivity index (χ0n) is 12.7. The quantitative estimate of drug-likeness (QED) is 0.910. The minimum Gasteiger partial charge on any atom is -0.494 e. The SMILES string of the molecule is CCOc1ccc(C(O)C2CN(C)CCCN2C)cc1. The van der Waals surface area contributed by atoms with Gasteiger partial charge >= 0.3 is 0 Å². The van der Waals surface area contributed by atoms with Crippen molar-refractivity contribution in [3.05, 3.63) is 29.8 Å². The van der Waals surface area contributed by atoms with Gasteiger partial charge in [0.25, 0.3) is 0 Å². The maximum atomic E-state index is 10.7. The minimum atomic E-state index is -0.462. The van der Waals surface area contributed by atoms with Gasteiger partial charge in [0.1, 0.15) is 5.75 Å². The van der Waals surface area contributed by atoms with E-state index in [1.165, 1.54) is 0 Å². The van der Waals surface area contributed by atoms with E-state index in [1.807, 2.05) is 31.2 Å². The molecule has 0 aromatic heterocycles. The smallest absolute Gasteiger partial charge is 0.119 e. The summed E-state index contributed by atoms with van der Waals surface area (Å²) >= 11 is 0. The van der Waals surface area contributed by atoms with Crippen LogP contribution in [0.4, 0.5) is 0 Å². The van der Waals surface area contributed by atoms with Crippen LogP contribution in [0, 0.1) is 0 Å². The number of hydrogen-bond acceptors (Lipinski definition) is 4. The van der Waals surface area contributed by atoms with Gasteiger partial charge in [-0.2, -0.15) is 0 Å². The second-order valence-electron chi connectivity index (χ2n) is 5.61. The fourth-order valence-corrected chi connectivity index (χ4v) is 2.80. The number of likely N-dealkylation sites (N-methyl/N-ethyl adjacent to an activating group) is 2. The summed E-state index contributed by atoms with van der Waals surface area (Å²) in [5.74, 6) is 0.856. The highest BCUT2D eigenvalue weighted by molar-refractivity contribution is 5.29. The Bertz CT molecular complexity index is 407. The third-order valence-electron chi connectivity index (χ3n) is 4.01. The first-order valence-corrected chi connectivity index (χ1v) is 7.41. The average molecular weight is 278 g/mol. The maximum Gasteiger partial charge on any atom is 0.119 e. The highest BCUT2D eigenvalue weighted by Crippen LogP contribution is 2.24. The summed E-state index contributed by atoms with van der Waals surface area (Å²) in [4.78, 5) is 4.57. The topological polar surface area (TPSA) is 35.9 Å². The van der Waals surface area contributed by atoms with Gasteiger partial charge in [-0.3, -0.25) is 4.90 Å². The van der Waals surface area contributed by atoms with Crippen molar-refractivity contribution >= 4 is 0 Å². The Kier molecular flexibility index (Phi) is 5.40. The lowest BCUT2D eigenvalue weighted by molar-refractivity contribution is 0.0572. The summed E-state index contributed by atoms with van der Waals surface area (Å²) in [6.45, 7) is 5.65. The van der Waals surface area contributed by atoms with Crippen molar-refractivity contribution in [2.24, 2.45) is 0 Å². The number of ether oxygens (including phenoxy) is 1. The Labute approximate surface area is 122 Å². The molecule has 4 nitrogen and oxygen atoms in total. The van der Waals surface area contributed by atoms with Crippen molar-refractivity contribution in [1.82, 2.24) is 9.80 Å². The number of rotatable bonds is 4. The van der Waals surface area contributed by atoms with E-state index >= 15 is 0 Å². The molecule has 1 aliphatic rings. The van der Waals surface area contributed by atoms with Gasteiger partial charge < -0.3 is 14.7 Å². The number of nitrogens with zero attached hydrogens (tertiary/aromatic N) is 2. The lowest BCUT2D eigenvalue weighted by Gasteiger charge is -2.31. The summed E-state index contributed by atoms with van der Waals surface area (Å²) in [7, 11) is 4.22. The molecule has 0 amide bonds. The molecule has 4 heteroatoms. The molecule has 1 aromatic carbocycles. The van der Waals surface area contributed by atoms with E-state index in [0.717, 1.165) is 37.4 Å². The molecule has 1 heterocycles. The Morgan fingerprint density at radius 3 is 2.60 bits per heavy atom. The molecule has 1 fully saturated rings. The van der Waals surface area contributed by atoms with Gasteiger partial charge in [-0.25, -0.2) is 0 Å². The van der Waals surface area contributed by atoms with Gasteiger partial charge in [0.05, 0.1) is 18.8 Å². The Balaban J connectivity index is 2.09. The second-order valence-corrected chi connectivity index (χ2v) is 5.61. The van der Waals surface area contributed by atoms with E-state index < -0.39 is 6.10 Å². The van der Waals surface area contributed by atoms with Crippen LogP contribution in [0.3, 0.4) is 0 Å². The van der Waals surface area contributed by atoms with Crippen LogP contribution in [0.1, 0.15) is 25.0 Å². The zero-order chi connectivity index (χ0) is 14.5. The van der Waals surface area contributed by atoms with Gasteiger partial charge in [0.15, 0.2) is 0 Å². The van der Waals surface area contributed by atoms with Crippen molar-refractivity contribution in [1.29, 1.82) is 0 Å². The molecule has 0 saturated carbocycles. The molecule has 0 bridgehead atoms.